The highest BCUT2D eigenvalue weighted by atomic mass is 32.2. The summed E-state index contributed by atoms with van der Waals surface area (Å²) < 4.78 is 1.47. The van der Waals surface area contributed by atoms with Crippen LogP contribution in [0.25, 0.3) is 6.08 Å². The summed E-state index contributed by atoms with van der Waals surface area (Å²) in [5.41, 5.74) is 5.01. The molecule has 0 unspecified atom stereocenters. The van der Waals surface area contributed by atoms with Crippen LogP contribution in [-0.4, -0.2) is 83.0 Å². The molecule has 2 aliphatic heterocycles. The number of hydrogen-bond acceptors (Lipinski definition) is 12. The number of fused-ring (bicyclic) bond motifs is 1. The number of aliphatic carboxylic acids is 2. The number of hydrogen-bond donors (Lipinski definition) is 5. The van der Waals surface area contributed by atoms with Crippen molar-refractivity contribution < 1.29 is 39.3 Å². The molecule has 2 amide bonds. The summed E-state index contributed by atoms with van der Waals surface area (Å²) in [5, 5.41) is 35.0. The van der Waals surface area contributed by atoms with Crippen molar-refractivity contribution in [3.63, 3.8) is 0 Å². The van der Waals surface area contributed by atoms with Gasteiger partial charge in [0, 0.05) is 36.1 Å². The van der Waals surface area contributed by atoms with Gasteiger partial charge < -0.3 is 35.8 Å². The minimum Gasteiger partial charge on any atom is -0.503 e. The van der Waals surface area contributed by atoms with Crippen molar-refractivity contribution in [2.45, 2.75) is 11.4 Å². The first-order chi connectivity index (χ1) is 18.5. The molecule has 17 heteroatoms. The van der Waals surface area contributed by atoms with Crippen LogP contribution in [0.2, 0.25) is 0 Å². The molecule has 0 radical (unpaired) electrons. The summed E-state index contributed by atoms with van der Waals surface area (Å²) in [7, 11) is 1.59. The molecule has 0 saturated carbocycles. The number of aryl methyl sites for hydroxylation is 1. The Balaban J connectivity index is 1.55. The molecule has 1 fully saturated rings. The van der Waals surface area contributed by atoms with E-state index in [1.54, 1.807) is 7.05 Å². The van der Waals surface area contributed by atoms with Crippen molar-refractivity contribution in [1.29, 1.82) is 0 Å². The van der Waals surface area contributed by atoms with Crippen LogP contribution < -0.4 is 16.5 Å². The number of anilines is 1. The number of thioether (sulfide) groups is 1. The fourth-order valence-corrected chi connectivity index (χ4v) is 5.58. The summed E-state index contributed by atoms with van der Waals surface area (Å²) in [6.45, 7) is -0.827. The van der Waals surface area contributed by atoms with Gasteiger partial charge in [-0.1, -0.05) is 11.2 Å². The highest BCUT2D eigenvalue weighted by Crippen LogP contribution is 2.40. The third-order valence-electron chi connectivity index (χ3n) is 5.52. The number of β-lactam (4-membered cyclic amide) rings is 1. The number of nitrogen functional groups attached to an aromatic ring is 1. The topological polar surface area (TPSA) is 227 Å². The normalized spacial score (nSPS) is 19.1. The lowest BCUT2D eigenvalue weighted by molar-refractivity contribution is -0.150. The Morgan fingerprint density at radius 3 is 2.69 bits per heavy atom. The number of carbonyl (C=O) groups excluding carboxylic acids is 2. The summed E-state index contributed by atoms with van der Waals surface area (Å²) in [6.07, 6.45) is 4.18. The smallest absolute Gasteiger partial charge is 0.352 e. The van der Waals surface area contributed by atoms with Crippen molar-refractivity contribution in [1.82, 2.24) is 19.8 Å². The highest BCUT2D eigenvalue weighted by Gasteiger charge is 2.54. The molecular formula is C22H20N6O9S2. The Hall–Kier alpha value is -4.64. The molecule has 4 rings (SSSR count). The molecule has 0 aromatic carbocycles. The number of nitrogens with one attached hydrogen (secondary N) is 1. The van der Waals surface area contributed by atoms with Gasteiger partial charge >= 0.3 is 11.9 Å². The maximum absolute atomic E-state index is 13.0. The zero-order valence-corrected chi connectivity index (χ0v) is 21.6. The number of aromatic nitrogens is 2. The van der Waals surface area contributed by atoms with Crippen LogP contribution in [0.5, 0.6) is 5.75 Å². The van der Waals surface area contributed by atoms with Gasteiger partial charge in [-0.05, 0) is 11.6 Å². The summed E-state index contributed by atoms with van der Waals surface area (Å²) in [4.78, 5) is 70.2. The van der Waals surface area contributed by atoms with E-state index >= 15 is 0 Å². The Labute approximate surface area is 226 Å². The first-order valence-corrected chi connectivity index (χ1v) is 12.8. The molecule has 2 aromatic heterocycles. The maximum Gasteiger partial charge on any atom is 0.352 e. The molecular weight excluding hydrogens is 556 g/mol. The number of amides is 2. The molecule has 0 spiro atoms. The molecule has 6 N–H and O–H groups in total. The van der Waals surface area contributed by atoms with Crippen LogP contribution in [-0.2, 0) is 31.1 Å². The molecule has 0 bridgehead atoms. The van der Waals surface area contributed by atoms with Gasteiger partial charge in [0.05, 0.1) is 0 Å². The van der Waals surface area contributed by atoms with E-state index in [1.165, 1.54) is 46.1 Å². The van der Waals surface area contributed by atoms with E-state index in [1.807, 2.05) is 0 Å². The number of thiazole rings is 1. The quantitative estimate of drug-likeness (QED) is 0.143. The number of allylic oxidation sites excluding steroid dienone is 1. The van der Waals surface area contributed by atoms with Crippen molar-refractivity contribution in [2.75, 3.05) is 18.1 Å². The number of carboxylic acid groups (broad SMARTS) is 2. The second-order valence-corrected chi connectivity index (χ2v) is 10.1. The minimum atomic E-state index is -1.36. The van der Waals surface area contributed by atoms with E-state index in [0.29, 0.717) is 11.3 Å². The van der Waals surface area contributed by atoms with Gasteiger partial charge in [-0.3, -0.25) is 19.3 Å². The van der Waals surface area contributed by atoms with Crippen LogP contribution >= 0.6 is 23.1 Å². The molecule has 2 aromatic rings. The van der Waals surface area contributed by atoms with Crippen molar-refractivity contribution in [2.24, 2.45) is 12.2 Å². The number of carboxylic acids is 2. The average molecular weight is 577 g/mol. The number of nitrogens with two attached hydrogens (primary N) is 1. The average Bonchev–Trinajstić information content (AvgIpc) is 3.31. The minimum absolute atomic E-state index is 0.00231. The molecule has 1 saturated heterocycles. The van der Waals surface area contributed by atoms with E-state index in [-0.39, 0.29) is 22.3 Å². The number of carbonyl (C=O) groups is 4. The Morgan fingerprint density at radius 1 is 1.31 bits per heavy atom. The standard InChI is InChI=1S/C22H20N6O9S2/c1-27-5-13(30)12(29)4-10(27)3-2-9-7-38-20-16(19(34)28(20)17(9)21(35)36)25-18(33)15(26-37-6-14(31)32)11-8-39-22(23)24-11/h2-5,8,16,20,30H,6-7H2,1H3,(H2,23,24)(H,25,33)(H,31,32)(H,35,36)/b3-2?,26-15-/t16-,20-/m1/s1. The number of pyridine rings is 1. The Kier molecular flexibility index (Phi) is 7.73. The molecule has 15 nitrogen and oxygen atoms in total. The van der Waals surface area contributed by atoms with E-state index in [2.05, 4.69) is 20.3 Å². The molecule has 2 atom stereocenters. The monoisotopic (exact) mass is 576 g/mol. The maximum atomic E-state index is 13.0. The zero-order chi connectivity index (χ0) is 28.4. The molecule has 4 heterocycles. The van der Waals surface area contributed by atoms with Crippen molar-refractivity contribution in [3.05, 3.63) is 56.6 Å². The van der Waals surface area contributed by atoms with Gasteiger partial charge in [-0.15, -0.1) is 23.1 Å². The lowest BCUT2D eigenvalue weighted by atomic mass is 10.0. The summed E-state index contributed by atoms with van der Waals surface area (Å²) in [5.74, 6) is -4.55. The van der Waals surface area contributed by atoms with Gasteiger partial charge in [-0.25, -0.2) is 14.6 Å². The van der Waals surface area contributed by atoms with E-state index in [9.17, 15) is 34.2 Å². The second-order valence-electron chi connectivity index (χ2n) is 8.11. The van der Waals surface area contributed by atoms with Crippen LogP contribution in [0.3, 0.4) is 0 Å². The van der Waals surface area contributed by atoms with Crippen LogP contribution in [0, 0.1) is 0 Å². The SMILES string of the molecule is Cn1cc(O)c(=O)cc1C=CC1=C(C(=O)O)N2C(=O)[C@@H](NC(=O)/C(=N\OCC(=O)O)c3csc(N)n3)[C@H]2SC1. The molecule has 39 heavy (non-hydrogen) atoms. The zero-order valence-electron chi connectivity index (χ0n) is 19.9. The van der Waals surface area contributed by atoms with Gasteiger partial charge in [0.1, 0.15) is 22.8 Å². The van der Waals surface area contributed by atoms with Gasteiger partial charge in [-0.2, -0.15) is 0 Å². The van der Waals surface area contributed by atoms with E-state index in [4.69, 9.17) is 10.8 Å². The van der Waals surface area contributed by atoms with Gasteiger partial charge in [0.25, 0.3) is 11.8 Å². The number of nitrogens with zero attached hydrogens (tertiary/aromatic N) is 4. The highest BCUT2D eigenvalue weighted by molar-refractivity contribution is 8.00. The lowest BCUT2D eigenvalue weighted by Crippen LogP contribution is -2.71. The first-order valence-electron chi connectivity index (χ1n) is 10.9. The largest absolute Gasteiger partial charge is 0.503 e. The van der Waals surface area contributed by atoms with Crippen LogP contribution in [0.4, 0.5) is 5.13 Å². The number of rotatable bonds is 9. The lowest BCUT2D eigenvalue weighted by Gasteiger charge is -2.49. The van der Waals surface area contributed by atoms with E-state index in [0.717, 1.165) is 16.2 Å². The molecule has 2 aliphatic rings. The fraction of sp³-hybridized carbons (Fsp3) is 0.227. The Bertz CT molecular complexity index is 1530. The second kappa shape index (κ2) is 11.0. The van der Waals surface area contributed by atoms with E-state index < -0.39 is 58.7 Å². The number of oxime groups is 1. The third-order valence-corrected chi connectivity index (χ3v) is 7.50. The van der Waals surface area contributed by atoms with Crippen LogP contribution in [0.15, 0.2) is 44.9 Å². The van der Waals surface area contributed by atoms with Gasteiger partial charge in [0.15, 0.2) is 16.6 Å². The first kappa shape index (κ1) is 27.4. The fourth-order valence-electron chi connectivity index (χ4n) is 3.72. The Morgan fingerprint density at radius 2 is 2.05 bits per heavy atom. The van der Waals surface area contributed by atoms with Crippen molar-refractivity contribution >= 4 is 63.8 Å². The van der Waals surface area contributed by atoms with Crippen molar-refractivity contribution in [3.8, 4) is 5.75 Å². The predicted octanol–water partition coefficient (Wildman–Crippen LogP) is -0.613. The van der Waals surface area contributed by atoms with Gasteiger partial charge in [0.2, 0.25) is 12.0 Å². The molecule has 204 valence electrons. The third kappa shape index (κ3) is 5.63. The summed E-state index contributed by atoms with van der Waals surface area (Å²) >= 11 is 2.20. The molecule has 0 aliphatic carbocycles. The van der Waals surface area contributed by atoms with Crippen LogP contribution in [0.1, 0.15) is 11.4 Å². The predicted molar refractivity (Wildman–Crippen MR) is 139 cm³/mol. The summed E-state index contributed by atoms with van der Waals surface area (Å²) in [6, 6.07) is 0.0715. The number of aromatic hydroxyl groups is 1.